The zero-order valence-corrected chi connectivity index (χ0v) is 14.5. The molecule has 0 fully saturated rings. The molecule has 2 aromatic rings. The molecule has 0 unspecified atom stereocenters. The van der Waals surface area contributed by atoms with Gasteiger partial charge < -0.3 is 10.6 Å². The molecule has 2 aromatic carbocycles. The summed E-state index contributed by atoms with van der Waals surface area (Å²) in [6.07, 6.45) is 0. The molecule has 0 radical (unpaired) electrons. The summed E-state index contributed by atoms with van der Waals surface area (Å²) in [5, 5.41) is 6.50. The zero-order valence-electron chi connectivity index (χ0n) is 12.9. The molecule has 0 aliphatic carbocycles. The summed E-state index contributed by atoms with van der Waals surface area (Å²) >= 11 is 6.32. The van der Waals surface area contributed by atoms with Gasteiger partial charge in [0.1, 0.15) is 0 Å². The van der Waals surface area contributed by atoms with Gasteiger partial charge in [-0.15, -0.1) is 0 Å². The molecule has 7 heteroatoms. The fraction of sp³-hybridized carbons (Fsp3) is 0.235. The summed E-state index contributed by atoms with van der Waals surface area (Å²) in [6.45, 7) is 2.09. The highest BCUT2D eigenvalue weighted by molar-refractivity contribution is 7.99. The van der Waals surface area contributed by atoms with E-state index < -0.39 is 5.76 Å². The highest BCUT2D eigenvalue weighted by atomic mass is 35.5. The maximum Gasteiger partial charge on any atom is 0.288 e. The molecule has 2 N–H and O–H groups in total. The van der Waals surface area contributed by atoms with Gasteiger partial charge in [-0.25, -0.2) is 0 Å². The van der Waals surface area contributed by atoms with Crippen molar-refractivity contribution in [2.24, 2.45) is 0 Å². The molecule has 0 aliphatic rings. The quantitative estimate of drug-likeness (QED) is 0.678. The highest BCUT2D eigenvalue weighted by Crippen LogP contribution is 2.26. The van der Waals surface area contributed by atoms with Crippen LogP contribution < -0.4 is 10.6 Å². The lowest BCUT2D eigenvalue weighted by molar-refractivity contribution is -0.115. The topological polar surface area (TPSA) is 41.1 Å². The van der Waals surface area contributed by atoms with Crippen LogP contribution in [0, 0.1) is 0 Å². The van der Waals surface area contributed by atoms with Crippen LogP contribution in [-0.2, 0) is 4.79 Å². The average molecular weight is 371 g/mol. The molecule has 0 saturated heterocycles. The molecule has 128 valence electrons. The van der Waals surface area contributed by atoms with Crippen molar-refractivity contribution in [2.75, 3.05) is 11.9 Å². The second-order valence-electron chi connectivity index (χ2n) is 5.11. The Morgan fingerprint density at radius 3 is 2.33 bits per heavy atom. The first-order valence-corrected chi connectivity index (χ1v) is 8.53. The minimum Gasteiger partial charge on any atom is -0.325 e. The van der Waals surface area contributed by atoms with Crippen molar-refractivity contribution in [3.8, 4) is 0 Å². The van der Waals surface area contributed by atoms with E-state index in [1.54, 1.807) is 36.4 Å². The molecule has 0 heterocycles. The monoisotopic (exact) mass is 370 g/mol. The van der Waals surface area contributed by atoms with Crippen molar-refractivity contribution < 1.29 is 13.6 Å². The Balaban J connectivity index is 1.81. The number of hydrogen-bond donors (Lipinski definition) is 2. The van der Waals surface area contributed by atoms with Gasteiger partial charge in [0.15, 0.2) is 0 Å². The minimum absolute atomic E-state index is 0.00201. The van der Waals surface area contributed by atoms with Crippen LogP contribution in [0.25, 0.3) is 0 Å². The van der Waals surface area contributed by atoms with Crippen LogP contribution >= 0.6 is 23.4 Å². The van der Waals surface area contributed by atoms with Gasteiger partial charge >= 0.3 is 0 Å². The second kappa shape index (κ2) is 9.01. The lowest BCUT2D eigenvalue weighted by atomic mass is 10.1. The van der Waals surface area contributed by atoms with Gasteiger partial charge in [-0.1, -0.05) is 35.5 Å². The van der Waals surface area contributed by atoms with Gasteiger partial charge in [-0.2, -0.15) is 8.78 Å². The maximum atomic E-state index is 12.2. The van der Waals surface area contributed by atoms with E-state index >= 15 is 0 Å². The number of carbonyl (C=O) groups excluding carboxylic acids is 1. The largest absolute Gasteiger partial charge is 0.325 e. The summed E-state index contributed by atoms with van der Waals surface area (Å²) < 4.78 is 24.5. The van der Waals surface area contributed by atoms with Gasteiger partial charge in [0, 0.05) is 21.6 Å². The van der Waals surface area contributed by atoms with Crippen molar-refractivity contribution in [1.82, 2.24) is 5.32 Å². The van der Waals surface area contributed by atoms with Crippen molar-refractivity contribution >= 4 is 35.0 Å². The summed E-state index contributed by atoms with van der Waals surface area (Å²) in [7, 11) is 0. The predicted molar refractivity (Wildman–Crippen MR) is 94.8 cm³/mol. The predicted octanol–water partition coefficient (Wildman–Crippen LogP) is 4.94. The lowest BCUT2D eigenvalue weighted by Gasteiger charge is -2.14. The van der Waals surface area contributed by atoms with E-state index in [1.165, 1.54) is 0 Å². The SMILES string of the molecule is C[C@H](NCC(=O)Nc1ccc(SC(F)F)cc1)c1ccc(Cl)cc1. The lowest BCUT2D eigenvalue weighted by Crippen LogP contribution is -2.30. The smallest absolute Gasteiger partial charge is 0.288 e. The molecule has 0 bridgehead atoms. The van der Waals surface area contributed by atoms with Gasteiger partial charge in [-0.05, 0) is 48.9 Å². The maximum absolute atomic E-state index is 12.2. The van der Waals surface area contributed by atoms with Gasteiger partial charge in [0.2, 0.25) is 5.91 Å². The number of rotatable bonds is 7. The molecule has 2 rings (SSSR count). The Morgan fingerprint density at radius 2 is 1.75 bits per heavy atom. The molecule has 1 atom stereocenters. The van der Waals surface area contributed by atoms with Crippen LogP contribution in [-0.4, -0.2) is 18.2 Å². The first kappa shape index (κ1) is 18.7. The number of halogens is 3. The first-order chi connectivity index (χ1) is 11.4. The van der Waals surface area contributed by atoms with Crippen molar-refractivity contribution in [3.05, 3.63) is 59.1 Å². The summed E-state index contributed by atoms with van der Waals surface area (Å²) in [5.74, 6) is -2.66. The van der Waals surface area contributed by atoms with Gasteiger partial charge in [0.25, 0.3) is 5.76 Å². The third kappa shape index (κ3) is 6.11. The van der Waals surface area contributed by atoms with E-state index in [0.29, 0.717) is 27.4 Å². The van der Waals surface area contributed by atoms with E-state index in [0.717, 1.165) is 5.56 Å². The number of benzene rings is 2. The Bertz CT molecular complexity index is 665. The van der Waals surface area contributed by atoms with Crippen LogP contribution in [0.3, 0.4) is 0 Å². The normalized spacial score (nSPS) is 12.2. The van der Waals surface area contributed by atoms with E-state index in [2.05, 4.69) is 10.6 Å². The van der Waals surface area contributed by atoms with Crippen molar-refractivity contribution in [2.45, 2.75) is 23.6 Å². The van der Waals surface area contributed by atoms with Gasteiger partial charge in [-0.3, -0.25) is 4.79 Å². The molecule has 0 spiro atoms. The molecular weight excluding hydrogens is 354 g/mol. The number of hydrogen-bond acceptors (Lipinski definition) is 3. The van der Waals surface area contributed by atoms with Gasteiger partial charge in [0.05, 0.1) is 6.54 Å². The third-order valence-electron chi connectivity index (χ3n) is 3.30. The van der Waals surface area contributed by atoms with Crippen molar-refractivity contribution in [3.63, 3.8) is 0 Å². The summed E-state index contributed by atoms with van der Waals surface area (Å²) in [6, 6.07) is 13.7. The van der Waals surface area contributed by atoms with Crippen LogP contribution in [0.15, 0.2) is 53.4 Å². The molecule has 1 amide bonds. The highest BCUT2D eigenvalue weighted by Gasteiger charge is 2.09. The molecular formula is C17H17ClF2N2OS. The van der Waals surface area contributed by atoms with E-state index in [4.69, 9.17) is 11.6 Å². The number of amides is 1. The number of thioether (sulfide) groups is 1. The second-order valence-corrected chi connectivity index (χ2v) is 6.61. The van der Waals surface area contributed by atoms with E-state index in [-0.39, 0.29) is 18.5 Å². The van der Waals surface area contributed by atoms with Crippen molar-refractivity contribution in [1.29, 1.82) is 0 Å². The number of nitrogens with one attached hydrogen (secondary N) is 2. The minimum atomic E-state index is -2.45. The summed E-state index contributed by atoms with van der Waals surface area (Å²) in [4.78, 5) is 12.4. The van der Waals surface area contributed by atoms with E-state index in [9.17, 15) is 13.6 Å². The standard InChI is InChI=1S/C17H17ClF2N2OS/c1-11(12-2-4-13(18)5-3-12)21-10-16(23)22-14-6-8-15(9-7-14)24-17(19)20/h2-9,11,17,21H,10H2,1H3,(H,22,23)/t11-/m0/s1. The first-order valence-electron chi connectivity index (χ1n) is 7.27. The molecule has 0 aromatic heterocycles. The van der Waals surface area contributed by atoms with Crippen LogP contribution in [0.4, 0.5) is 14.5 Å². The third-order valence-corrected chi connectivity index (χ3v) is 4.28. The molecule has 0 aliphatic heterocycles. The fourth-order valence-corrected chi connectivity index (χ4v) is 2.66. The zero-order chi connectivity index (χ0) is 17.5. The molecule has 3 nitrogen and oxygen atoms in total. The average Bonchev–Trinajstić information content (AvgIpc) is 2.54. The van der Waals surface area contributed by atoms with E-state index in [1.807, 2.05) is 19.1 Å². The summed E-state index contributed by atoms with van der Waals surface area (Å²) in [5.41, 5.74) is 1.60. The number of anilines is 1. The van der Waals surface area contributed by atoms with Crippen LogP contribution in [0.5, 0.6) is 0 Å². The molecule has 0 saturated carbocycles. The Kier molecular flexibility index (Phi) is 7.02. The Labute approximate surface area is 148 Å². The van der Waals surface area contributed by atoms with Crippen LogP contribution in [0.1, 0.15) is 18.5 Å². The molecule has 24 heavy (non-hydrogen) atoms. The fourth-order valence-electron chi connectivity index (χ4n) is 2.04. The Morgan fingerprint density at radius 1 is 1.12 bits per heavy atom. The Hall–Kier alpha value is -1.63. The number of carbonyl (C=O) groups is 1. The number of alkyl halides is 2. The van der Waals surface area contributed by atoms with Crippen LogP contribution in [0.2, 0.25) is 5.02 Å².